The third kappa shape index (κ3) is 2.48. The Morgan fingerprint density at radius 3 is 2.79 bits per heavy atom. The van der Waals surface area contributed by atoms with Crippen LogP contribution < -0.4 is 34.1 Å². The summed E-state index contributed by atoms with van der Waals surface area (Å²) in [6, 6.07) is 5.59. The molecule has 67 valence electrons. The van der Waals surface area contributed by atoms with Crippen molar-refractivity contribution in [3.05, 3.63) is 29.0 Å². The number of hydrogen-bond acceptors (Lipinski definition) is 2. The van der Waals surface area contributed by atoms with E-state index in [4.69, 9.17) is 11.6 Å². The maximum atomic E-state index is 5.86. The molecular formula is C9H7ClN2NaSe. The minimum atomic E-state index is 0. The van der Waals surface area contributed by atoms with E-state index in [0.29, 0.717) is 5.02 Å². The Morgan fingerprint density at radius 2 is 2.07 bits per heavy atom. The van der Waals surface area contributed by atoms with Crippen LogP contribution in [0.2, 0.25) is 5.02 Å². The van der Waals surface area contributed by atoms with Crippen molar-refractivity contribution in [2.75, 3.05) is 0 Å². The Kier molecular flexibility index (Phi) is 4.38. The summed E-state index contributed by atoms with van der Waals surface area (Å²) in [5, 5.41) is 1.68. The fourth-order valence-electron chi connectivity index (χ4n) is 1.18. The van der Waals surface area contributed by atoms with E-state index in [2.05, 4.69) is 26.0 Å². The molecule has 2 rings (SSSR count). The zero-order valence-corrected chi connectivity index (χ0v) is 12.4. The molecule has 0 atom stereocenters. The van der Waals surface area contributed by atoms with Gasteiger partial charge in [-0.3, -0.25) is 0 Å². The SMILES string of the molecule is Cc1nc([Se])c2cc(Cl)ccc2n1.[H-].[Na+]. The third-order valence-electron chi connectivity index (χ3n) is 1.73. The summed E-state index contributed by atoms with van der Waals surface area (Å²) in [5.74, 6) is 0.767. The van der Waals surface area contributed by atoms with Gasteiger partial charge in [0.15, 0.2) is 0 Å². The Bertz CT molecular complexity index is 481. The molecule has 1 aromatic heterocycles. The van der Waals surface area contributed by atoms with Crippen molar-refractivity contribution in [2.24, 2.45) is 0 Å². The maximum absolute atomic E-state index is 5.86. The molecule has 0 aliphatic rings. The number of fused-ring (bicyclic) bond motifs is 1. The first-order valence-electron chi connectivity index (χ1n) is 3.78. The van der Waals surface area contributed by atoms with Crippen molar-refractivity contribution in [3.8, 4) is 0 Å². The van der Waals surface area contributed by atoms with Crippen LogP contribution in [0, 0.1) is 6.92 Å². The van der Waals surface area contributed by atoms with E-state index in [-0.39, 0.29) is 31.0 Å². The fourth-order valence-corrected chi connectivity index (χ4v) is 1.98. The zero-order chi connectivity index (χ0) is 9.42. The molecule has 0 fully saturated rings. The summed E-state index contributed by atoms with van der Waals surface area (Å²) in [7, 11) is 0. The zero-order valence-electron chi connectivity index (χ0n) is 8.91. The quantitative estimate of drug-likeness (QED) is 0.549. The van der Waals surface area contributed by atoms with E-state index in [1.54, 1.807) is 0 Å². The average Bonchev–Trinajstić information content (AvgIpc) is 2.06. The molecule has 0 amide bonds. The normalized spacial score (nSPS) is 9.86. The van der Waals surface area contributed by atoms with Crippen LogP contribution in [0.1, 0.15) is 7.25 Å². The van der Waals surface area contributed by atoms with Crippen LogP contribution in [0.4, 0.5) is 0 Å². The van der Waals surface area contributed by atoms with Crippen molar-refractivity contribution in [2.45, 2.75) is 6.92 Å². The van der Waals surface area contributed by atoms with Crippen LogP contribution in [0.5, 0.6) is 0 Å². The van der Waals surface area contributed by atoms with Crippen molar-refractivity contribution in [1.82, 2.24) is 9.97 Å². The summed E-state index contributed by atoms with van der Waals surface area (Å²) in [6.45, 7) is 1.87. The molecule has 0 spiro atoms. The topological polar surface area (TPSA) is 25.8 Å². The van der Waals surface area contributed by atoms with E-state index >= 15 is 0 Å². The molecule has 1 aromatic carbocycles. The summed E-state index contributed by atoms with van der Waals surface area (Å²) in [6.07, 6.45) is 0. The molecule has 5 heteroatoms. The van der Waals surface area contributed by atoms with Crippen LogP contribution in [-0.4, -0.2) is 26.0 Å². The number of aryl methyl sites for hydroxylation is 1. The Hall–Kier alpha value is 0.369. The first kappa shape index (κ1) is 12.4. The second-order valence-corrected chi connectivity index (χ2v) is 3.99. The molecule has 1 heterocycles. The van der Waals surface area contributed by atoms with Gasteiger partial charge >= 0.3 is 119 Å². The molecule has 14 heavy (non-hydrogen) atoms. The molecular weight excluding hydrogens is 274 g/mol. The summed E-state index contributed by atoms with van der Waals surface area (Å²) < 4.78 is 0.852. The van der Waals surface area contributed by atoms with Gasteiger partial charge in [0.1, 0.15) is 0 Å². The van der Waals surface area contributed by atoms with Gasteiger partial charge in [-0.1, -0.05) is 0 Å². The fraction of sp³-hybridized carbons (Fsp3) is 0.111. The predicted octanol–water partition coefficient (Wildman–Crippen LogP) is -1.50. The number of nitrogens with zero attached hydrogens (tertiary/aromatic N) is 2. The second-order valence-electron chi connectivity index (χ2n) is 2.74. The summed E-state index contributed by atoms with van der Waals surface area (Å²) >= 11 is 8.76. The molecule has 0 aliphatic carbocycles. The van der Waals surface area contributed by atoms with E-state index in [1.165, 1.54) is 0 Å². The van der Waals surface area contributed by atoms with Gasteiger partial charge < -0.3 is 1.43 Å². The Labute approximate surface area is 119 Å². The molecule has 1 radical (unpaired) electrons. The van der Waals surface area contributed by atoms with Gasteiger partial charge in [0, 0.05) is 0 Å². The summed E-state index contributed by atoms with van der Waals surface area (Å²) in [5.41, 5.74) is 0.922. The largest absolute Gasteiger partial charge is 1.00 e. The van der Waals surface area contributed by atoms with Crippen LogP contribution in [-0.2, 0) is 0 Å². The molecule has 0 N–H and O–H groups in total. The monoisotopic (exact) mass is 281 g/mol. The molecule has 0 saturated carbocycles. The molecule has 0 aliphatic heterocycles. The van der Waals surface area contributed by atoms with Gasteiger partial charge in [-0.15, -0.1) is 0 Å². The molecule has 2 nitrogen and oxygen atoms in total. The number of halogens is 1. The van der Waals surface area contributed by atoms with Gasteiger partial charge in [-0.2, -0.15) is 0 Å². The first-order chi connectivity index (χ1) is 6.16. The van der Waals surface area contributed by atoms with Crippen LogP contribution in [0.15, 0.2) is 18.2 Å². The van der Waals surface area contributed by atoms with Crippen molar-refractivity contribution in [1.29, 1.82) is 0 Å². The molecule has 0 saturated heterocycles. The molecule has 0 unspecified atom stereocenters. The molecule has 0 bridgehead atoms. The van der Waals surface area contributed by atoms with E-state index in [1.807, 2.05) is 25.1 Å². The Morgan fingerprint density at radius 1 is 1.36 bits per heavy atom. The predicted molar refractivity (Wildman–Crippen MR) is 55.8 cm³/mol. The van der Waals surface area contributed by atoms with Crippen LogP contribution >= 0.6 is 11.6 Å². The minimum Gasteiger partial charge on any atom is -1.00 e. The maximum Gasteiger partial charge on any atom is 1.00 e. The van der Waals surface area contributed by atoms with E-state index < -0.39 is 0 Å². The number of hydrogen-bond donors (Lipinski definition) is 0. The van der Waals surface area contributed by atoms with Crippen LogP contribution in [0.3, 0.4) is 0 Å². The van der Waals surface area contributed by atoms with Gasteiger partial charge in [0.05, 0.1) is 0 Å². The van der Waals surface area contributed by atoms with E-state index in [0.717, 1.165) is 21.3 Å². The van der Waals surface area contributed by atoms with Gasteiger partial charge in [-0.05, 0) is 0 Å². The van der Waals surface area contributed by atoms with Gasteiger partial charge in [0.2, 0.25) is 0 Å². The minimum absolute atomic E-state index is 0. The van der Waals surface area contributed by atoms with Gasteiger partial charge in [-0.25, -0.2) is 0 Å². The Balaban J connectivity index is 0.000000980. The molecule has 2 aromatic rings. The van der Waals surface area contributed by atoms with Crippen molar-refractivity contribution < 1.29 is 31.0 Å². The van der Waals surface area contributed by atoms with E-state index in [9.17, 15) is 0 Å². The van der Waals surface area contributed by atoms with Gasteiger partial charge in [0.25, 0.3) is 0 Å². The number of benzene rings is 1. The smallest absolute Gasteiger partial charge is 1.00 e. The van der Waals surface area contributed by atoms with Crippen molar-refractivity contribution >= 4 is 43.1 Å². The standard InChI is InChI=1S/C9H6ClN2Se.Na.H/c1-5-11-8-3-2-6(10)4-7(8)9(13)12-5;;/h2-4H,1H3;;/q;+1;-1. The average molecular weight is 281 g/mol. The third-order valence-corrected chi connectivity index (χ3v) is 2.62. The first-order valence-corrected chi connectivity index (χ1v) is 5.01. The summed E-state index contributed by atoms with van der Waals surface area (Å²) in [4.78, 5) is 8.51. The van der Waals surface area contributed by atoms with Crippen LogP contribution in [0.25, 0.3) is 10.9 Å². The van der Waals surface area contributed by atoms with Crippen molar-refractivity contribution in [3.63, 3.8) is 0 Å². The number of rotatable bonds is 0. The second kappa shape index (κ2) is 4.93. The number of aromatic nitrogens is 2.